The first kappa shape index (κ1) is 15.3. The highest BCUT2D eigenvalue weighted by Gasteiger charge is 2.24. The van der Waals surface area contributed by atoms with Gasteiger partial charge in [-0.3, -0.25) is 0 Å². The first-order valence-electron chi connectivity index (χ1n) is 7.80. The van der Waals surface area contributed by atoms with Gasteiger partial charge in [-0.15, -0.1) is 0 Å². The smallest absolute Gasteiger partial charge is 0.119 e. The molecule has 1 aliphatic heterocycles. The van der Waals surface area contributed by atoms with Crippen molar-refractivity contribution in [2.24, 2.45) is 5.92 Å². The summed E-state index contributed by atoms with van der Waals surface area (Å²) in [5.41, 5.74) is 1.31. The fraction of sp³-hybridized carbons (Fsp3) is 0.647. The molecule has 2 atom stereocenters. The van der Waals surface area contributed by atoms with Crippen LogP contribution in [0.2, 0.25) is 0 Å². The Balaban J connectivity index is 1.95. The minimum atomic E-state index is 0.380. The number of likely N-dealkylation sites (tertiary alicyclic amines) is 1. The molecule has 0 aliphatic carbocycles. The van der Waals surface area contributed by atoms with Crippen LogP contribution in [0.1, 0.15) is 37.8 Å². The van der Waals surface area contributed by atoms with Gasteiger partial charge in [0, 0.05) is 19.1 Å². The van der Waals surface area contributed by atoms with Crippen LogP contribution in [0.15, 0.2) is 24.3 Å². The van der Waals surface area contributed by atoms with Crippen molar-refractivity contribution in [2.45, 2.75) is 32.2 Å². The van der Waals surface area contributed by atoms with Gasteiger partial charge in [0.15, 0.2) is 0 Å². The molecule has 2 unspecified atom stereocenters. The van der Waals surface area contributed by atoms with Gasteiger partial charge in [-0.2, -0.15) is 0 Å². The van der Waals surface area contributed by atoms with Crippen molar-refractivity contribution in [3.8, 4) is 5.75 Å². The third-order valence-corrected chi connectivity index (χ3v) is 4.35. The van der Waals surface area contributed by atoms with Gasteiger partial charge >= 0.3 is 0 Å². The van der Waals surface area contributed by atoms with Crippen molar-refractivity contribution in [1.82, 2.24) is 10.2 Å². The Morgan fingerprint density at radius 3 is 3.00 bits per heavy atom. The Hall–Kier alpha value is -1.06. The van der Waals surface area contributed by atoms with E-state index in [9.17, 15) is 0 Å². The number of likely N-dealkylation sites (N-methyl/N-ethyl adjacent to an activating group) is 1. The Morgan fingerprint density at radius 2 is 2.30 bits per heavy atom. The lowest BCUT2D eigenvalue weighted by atomic mass is 10.0. The zero-order valence-corrected chi connectivity index (χ0v) is 13.1. The van der Waals surface area contributed by atoms with Gasteiger partial charge in [0.05, 0.1) is 7.11 Å². The molecule has 1 aliphatic rings. The van der Waals surface area contributed by atoms with Gasteiger partial charge in [-0.25, -0.2) is 0 Å². The zero-order valence-electron chi connectivity index (χ0n) is 13.1. The second-order valence-corrected chi connectivity index (χ2v) is 5.82. The van der Waals surface area contributed by atoms with Crippen LogP contribution in [-0.4, -0.2) is 38.7 Å². The van der Waals surface area contributed by atoms with Gasteiger partial charge in [0.1, 0.15) is 5.75 Å². The molecule has 0 bridgehead atoms. The maximum atomic E-state index is 5.33. The molecular weight excluding hydrogens is 248 g/mol. The van der Waals surface area contributed by atoms with E-state index in [1.165, 1.54) is 37.9 Å². The highest BCUT2D eigenvalue weighted by Crippen LogP contribution is 2.25. The van der Waals surface area contributed by atoms with Crippen LogP contribution < -0.4 is 10.1 Å². The Morgan fingerprint density at radius 1 is 1.45 bits per heavy atom. The quantitative estimate of drug-likeness (QED) is 0.828. The summed E-state index contributed by atoms with van der Waals surface area (Å²) in [7, 11) is 3.77. The summed E-state index contributed by atoms with van der Waals surface area (Å²) in [4.78, 5) is 2.60. The average Bonchev–Trinajstić information content (AvgIpc) is 2.92. The van der Waals surface area contributed by atoms with E-state index in [0.717, 1.165) is 18.2 Å². The van der Waals surface area contributed by atoms with E-state index in [2.05, 4.69) is 35.3 Å². The molecule has 3 heteroatoms. The van der Waals surface area contributed by atoms with E-state index in [4.69, 9.17) is 4.74 Å². The highest BCUT2D eigenvalue weighted by molar-refractivity contribution is 5.30. The third-order valence-electron chi connectivity index (χ3n) is 4.35. The van der Waals surface area contributed by atoms with Crippen molar-refractivity contribution in [2.75, 3.05) is 33.8 Å². The van der Waals surface area contributed by atoms with Gasteiger partial charge in [-0.05, 0) is 50.0 Å². The minimum absolute atomic E-state index is 0.380. The summed E-state index contributed by atoms with van der Waals surface area (Å²) >= 11 is 0. The van der Waals surface area contributed by atoms with Gasteiger partial charge in [0.25, 0.3) is 0 Å². The number of nitrogens with zero attached hydrogens (tertiary/aromatic N) is 1. The van der Waals surface area contributed by atoms with E-state index >= 15 is 0 Å². The molecule has 20 heavy (non-hydrogen) atoms. The number of nitrogens with one attached hydrogen (secondary N) is 1. The zero-order chi connectivity index (χ0) is 14.4. The lowest BCUT2D eigenvalue weighted by Crippen LogP contribution is -2.32. The fourth-order valence-corrected chi connectivity index (χ4v) is 3.20. The summed E-state index contributed by atoms with van der Waals surface area (Å²) in [6.45, 7) is 5.88. The number of benzene rings is 1. The summed E-state index contributed by atoms with van der Waals surface area (Å²) in [5.74, 6) is 1.84. The molecule has 0 saturated carbocycles. The van der Waals surface area contributed by atoms with E-state index in [-0.39, 0.29) is 0 Å². The second kappa shape index (κ2) is 7.65. The molecule has 3 nitrogen and oxygen atoms in total. The van der Waals surface area contributed by atoms with Crippen molar-refractivity contribution < 1.29 is 4.74 Å². The molecule has 0 amide bonds. The Bertz CT molecular complexity index is 408. The van der Waals surface area contributed by atoms with Crippen LogP contribution in [0.4, 0.5) is 0 Å². The molecule has 1 saturated heterocycles. The molecule has 0 aromatic heterocycles. The third kappa shape index (κ3) is 3.97. The van der Waals surface area contributed by atoms with Crippen molar-refractivity contribution in [3.63, 3.8) is 0 Å². The van der Waals surface area contributed by atoms with Crippen LogP contribution in [0, 0.1) is 5.92 Å². The van der Waals surface area contributed by atoms with Gasteiger partial charge in [-0.1, -0.05) is 25.5 Å². The van der Waals surface area contributed by atoms with E-state index in [0.29, 0.717) is 6.04 Å². The normalized spacial score (nSPS) is 21.1. The van der Waals surface area contributed by atoms with Crippen LogP contribution in [-0.2, 0) is 0 Å². The lowest BCUT2D eigenvalue weighted by molar-refractivity contribution is 0.285. The molecule has 1 aromatic carbocycles. The molecule has 0 spiro atoms. The first-order chi connectivity index (χ1) is 9.76. The Labute approximate surface area is 123 Å². The average molecular weight is 276 g/mol. The minimum Gasteiger partial charge on any atom is -0.497 e. The maximum absolute atomic E-state index is 5.33. The van der Waals surface area contributed by atoms with Crippen LogP contribution >= 0.6 is 0 Å². The molecule has 1 aromatic rings. The highest BCUT2D eigenvalue weighted by atomic mass is 16.5. The predicted octanol–water partition coefficient (Wildman–Crippen LogP) is 3.08. The maximum Gasteiger partial charge on any atom is 0.119 e. The summed E-state index contributed by atoms with van der Waals surface area (Å²) in [6, 6.07) is 8.78. The van der Waals surface area contributed by atoms with Gasteiger partial charge < -0.3 is 15.0 Å². The fourth-order valence-electron chi connectivity index (χ4n) is 3.20. The molecule has 0 radical (unpaired) electrons. The molecule has 112 valence electrons. The summed E-state index contributed by atoms with van der Waals surface area (Å²) < 4.78 is 5.33. The number of methoxy groups -OCH3 is 1. The largest absolute Gasteiger partial charge is 0.497 e. The lowest BCUT2D eigenvalue weighted by Gasteiger charge is -2.24. The number of rotatable bonds is 7. The summed E-state index contributed by atoms with van der Waals surface area (Å²) in [6.07, 6.45) is 4.05. The second-order valence-electron chi connectivity index (χ2n) is 5.82. The predicted molar refractivity (Wildman–Crippen MR) is 84.2 cm³/mol. The van der Waals surface area contributed by atoms with Crippen LogP contribution in [0.3, 0.4) is 0 Å². The van der Waals surface area contributed by atoms with Gasteiger partial charge in [0.2, 0.25) is 0 Å². The number of hydrogen-bond acceptors (Lipinski definition) is 3. The van der Waals surface area contributed by atoms with Crippen LogP contribution in [0.25, 0.3) is 0 Å². The monoisotopic (exact) mass is 276 g/mol. The molecule has 2 rings (SSSR count). The summed E-state index contributed by atoms with van der Waals surface area (Å²) in [5, 5.41) is 3.45. The topological polar surface area (TPSA) is 24.5 Å². The van der Waals surface area contributed by atoms with E-state index in [1.807, 2.05) is 13.1 Å². The van der Waals surface area contributed by atoms with E-state index in [1.54, 1.807) is 7.11 Å². The number of ether oxygens (including phenoxy) is 1. The van der Waals surface area contributed by atoms with Crippen molar-refractivity contribution in [1.29, 1.82) is 0 Å². The number of hydrogen-bond donors (Lipinski definition) is 1. The molecular formula is C17H28N2O. The molecule has 1 N–H and O–H groups in total. The van der Waals surface area contributed by atoms with E-state index < -0.39 is 0 Å². The SMILES string of the molecule is CCCC1CCN(CC(NC)c2cccc(OC)c2)C1. The standard InChI is InChI=1S/C17H28N2O/c1-4-6-14-9-10-19(12-14)13-17(18-2)15-7-5-8-16(11-15)20-3/h5,7-8,11,14,17-18H,4,6,9-10,12-13H2,1-3H3. The van der Waals surface area contributed by atoms with Crippen molar-refractivity contribution >= 4 is 0 Å². The molecule has 1 fully saturated rings. The first-order valence-corrected chi connectivity index (χ1v) is 7.80. The Kier molecular flexibility index (Phi) is 5.86. The van der Waals surface area contributed by atoms with Crippen molar-refractivity contribution in [3.05, 3.63) is 29.8 Å². The molecule has 1 heterocycles. The van der Waals surface area contributed by atoms with Crippen LogP contribution in [0.5, 0.6) is 5.75 Å².